The van der Waals surface area contributed by atoms with Gasteiger partial charge in [0.1, 0.15) is 5.75 Å². The molecule has 3 fully saturated rings. The van der Waals surface area contributed by atoms with Crippen LogP contribution >= 0.6 is 0 Å². The average Bonchev–Trinajstić information content (AvgIpc) is 2.88. The van der Waals surface area contributed by atoms with Crippen molar-refractivity contribution >= 4 is 5.97 Å². The molecule has 20 heavy (non-hydrogen) atoms. The molecule has 3 aliphatic carbocycles. The number of hydrogen-bond acceptors (Lipinski definition) is 3. The molecule has 3 aliphatic rings. The second-order valence-electron chi connectivity index (χ2n) is 5.81. The van der Waals surface area contributed by atoms with E-state index in [1.165, 1.54) is 0 Å². The van der Waals surface area contributed by atoms with Crippen LogP contribution in [0.1, 0.15) is 31.7 Å². The van der Waals surface area contributed by atoms with Crippen LogP contribution in [0, 0.1) is 5.92 Å². The topological polar surface area (TPSA) is 35.5 Å². The van der Waals surface area contributed by atoms with Gasteiger partial charge in [-0.05, 0) is 49.8 Å². The fraction of sp³-hybridized carbons (Fsp3) is 0.562. The maximum atomic E-state index is 15.3. The van der Waals surface area contributed by atoms with Crippen LogP contribution in [0.2, 0.25) is 0 Å². The van der Waals surface area contributed by atoms with Crippen molar-refractivity contribution in [3.63, 3.8) is 0 Å². The molecule has 0 radical (unpaired) electrons. The summed E-state index contributed by atoms with van der Waals surface area (Å²) in [4.78, 5) is 12.1. The van der Waals surface area contributed by atoms with Crippen molar-refractivity contribution in [3.8, 4) is 5.75 Å². The van der Waals surface area contributed by atoms with Gasteiger partial charge in [-0.15, -0.1) is 0 Å². The van der Waals surface area contributed by atoms with E-state index >= 15 is 4.39 Å². The Morgan fingerprint density at radius 1 is 1.30 bits per heavy atom. The summed E-state index contributed by atoms with van der Waals surface area (Å²) >= 11 is 0. The summed E-state index contributed by atoms with van der Waals surface area (Å²) in [6.45, 7) is 1.93. The fourth-order valence-corrected chi connectivity index (χ4v) is 3.89. The van der Waals surface area contributed by atoms with Crippen LogP contribution in [0.15, 0.2) is 24.3 Å². The van der Waals surface area contributed by atoms with Crippen molar-refractivity contribution in [1.82, 2.24) is 0 Å². The van der Waals surface area contributed by atoms with E-state index in [9.17, 15) is 4.79 Å². The minimum atomic E-state index is -1.87. The molecule has 0 saturated heterocycles. The molecule has 0 N–H and O–H groups in total. The quantitative estimate of drug-likeness (QED) is 0.794. The lowest BCUT2D eigenvalue weighted by molar-refractivity contribution is -0.160. The Morgan fingerprint density at radius 2 is 1.95 bits per heavy atom. The van der Waals surface area contributed by atoms with Gasteiger partial charge in [-0.1, -0.05) is 12.1 Å². The number of methoxy groups -OCH3 is 1. The summed E-state index contributed by atoms with van der Waals surface area (Å²) in [5.41, 5.74) is -1.69. The summed E-state index contributed by atoms with van der Waals surface area (Å²) in [6, 6.07) is 7.38. The number of carbonyl (C=O) groups excluding carboxylic acids is 1. The molecule has 1 aromatic rings. The predicted octanol–water partition coefficient (Wildman–Crippen LogP) is 3.02. The van der Waals surface area contributed by atoms with Gasteiger partial charge in [-0.2, -0.15) is 0 Å². The molecule has 3 nitrogen and oxygen atoms in total. The van der Waals surface area contributed by atoms with Gasteiger partial charge >= 0.3 is 5.97 Å². The Labute approximate surface area is 118 Å². The number of esters is 1. The highest BCUT2D eigenvalue weighted by Crippen LogP contribution is 2.67. The Morgan fingerprint density at radius 3 is 2.50 bits per heavy atom. The number of benzene rings is 1. The van der Waals surface area contributed by atoms with E-state index in [1.54, 1.807) is 14.0 Å². The summed E-state index contributed by atoms with van der Waals surface area (Å²) in [7, 11) is 1.60. The highest BCUT2D eigenvalue weighted by molar-refractivity contribution is 5.84. The van der Waals surface area contributed by atoms with Crippen LogP contribution in [0.4, 0.5) is 4.39 Å². The van der Waals surface area contributed by atoms with E-state index in [0.29, 0.717) is 5.92 Å². The molecule has 2 bridgehead atoms. The standard InChI is InChI=1S/C16H19FO3/c1-3-20-14(18)16(17)10-11-8-15(16,9-11)12-4-6-13(19-2)7-5-12/h4-7,11H,3,8-10H2,1-2H3. The van der Waals surface area contributed by atoms with Crippen molar-refractivity contribution < 1.29 is 18.7 Å². The highest BCUT2D eigenvalue weighted by Gasteiger charge is 2.72. The molecular weight excluding hydrogens is 259 g/mol. The molecule has 0 amide bonds. The van der Waals surface area contributed by atoms with Crippen molar-refractivity contribution in [3.05, 3.63) is 29.8 Å². The number of fused-ring (bicyclic) bond motifs is 1. The van der Waals surface area contributed by atoms with E-state index in [-0.39, 0.29) is 13.0 Å². The van der Waals surface area contributed by atoms with E-state index in [2.05, 4.69) is 0 Å². The van der Waals surface area contributed by atoms with Gasteiger partial charge in [0.05, 0.1) is 13.7 Å². The molecule has 1 aromatic carbocycles. The zero-order chi connectivity index (χ0) is 14.4. The Bertz CT molecular complexity index is 519. The van der Waals surface area contributed by atoms with Crippen LogP contribution in [-0.4, -0.2) is 25.4 Å². The van der Waals surface area contributed by atoms with Crippen LogP contribution < -0.4 is 4.74 Å². The van der Waals surface area contributed by atoms with Crippen molar-refractivity contribution in [2.45, 2.75) is 37.3 Å². The molecule has 108 valence electrons. The lowest BCUT2D eigenvalue weighted by Gasteiger charge is -2.43. The van der Waals surface area contributed by atoms with E-state index in [0.717, 1.165) is 24.2 Å². The van der Waals surface area contributed by atoms with E-state index in [4.69, 9.17) is 9.47 Å². The van der Waals surface area contributed by atoms with Crippen LogP contribution in [-0.2, 0) is 14.9 Å². The van der Waals surface area contributed by atoms with E-state index < -0.39 is 17.1 Å². The van der Waals surface area contributed by atoms with Crippen molar-refractivity contribution in [1.29, 1.82) is 0 Å². The normalized spacial score (nSPS) is 34.5. The van der Waals surface area contributed by atoms with Gasteiger partial charge < -0.3 is 9.47 Å². The van der Waals surface area contributed by atoms with Crippen LogP contribution in [0.3, 0.4) is 0 Å². The smallest absolute Gasteiger partial charge is 0.344 e. The third kappa shape index (κ3) is 1.60. The summed E-state index contributed by atoms with van der Waals surface area (Å²) in [6.07, 6.45) is 1.75. The largest absolute Gasteiger partial charge is 0.497 e. The lowest BCUT2D eigenvalue weighted by Crippen LogP contribution is -2.51. The summed E-state index contributed by atoms with van der Waals surface area (Å²) in [5, 5.41) is 0. The average molecular weight is 278 g/mol. The molecular formula is C16H19FO3. The second kappa shape index (κ2) is 4.47. The first-order chi connectivity index (χ1) is 9.55. The van der Waals surface area contributed by atoms with Gasteiger partial charge in [0.15, 0.2) is 0 Å². The second-order valence-corrected chi connectivity index (χ2v) is 5.81. The molecule has 1 atom stereocenters. The van der Waals surface area contributed by atoms with Gasteiger partial charge in [-0.25, -0.2) is 9.18 Å². The van der Waals surface area contributed by atoms with Crippen molar-refractivity contribution in [2.24, 2.45) is 5.92 Å². The summed E-state index contributed by atoms with van der Waals surface area (Å²) < 4.78 is 25.5. The van der Waals surface area contributed by atoms with Gasteiger partial charge in [0.2, 0.25) is 5.67 Å². The van der Waals surface area contributed by atoms with Gasteiger partial charge in [0.25, 0.3) is 0 Å². The predicted molar refractivity (Wildman–Crippen MR) is 72.5 cm³/mol. The lowest BCUT2D eigenvalue weighted by atomic mass is 9.61. The molecule has 3 saturated carbocycles. The van der Waals surface area contributed by atoms with Crippen LogP contribution in [0.5, 0.6) is 5.75 Å². The third-order valence-electron chi connectivity index (χ3n) is 4.84. The van der Waals surface area contributed by atoms with Crippen LogP contribution in [0.25, 0.3) is 0 Å². The minimum absolute atomic E-state index is 0.216. The highest BCUT2D eigenvalue weighted by atomic mass is 19.1. The molecule has 0 spiro atoms. The van der Waals surface area contributed by atoms with Crippen molar-refractivity contribution in [2.75, 3.05) is 13.7 Å². The van der Waals surface area contributed by atoms with Gasteiger partial charge in [-0.3, -0.25) is 0 Å². The maximum Gasteiger partial charge on any atom is 0.344 e. The zero-order valence-electron chi connectivity index (χ0n) is 11.8. The Balaban J connectivity index is 1.95. The number of halogens is 1. The number of ether oxygens (including phenoxy) is 2. The number of rotatable bonds is 4. The SMILES string of the molecule is CCOC(=O)C1(F)CC2CC1(c1ccc(OC)cc1)C2. The Hall–Kier alpha value is -1.58. The molecule has 1 unspecified atom stereocenters. The first-order valence-electron chi connectivity index (χ1n) is 7.06. The first-order valence-corrected chi connectivity index (χ1v) is 7.06. The molecule has 0 aromatic heterocycles. The fourth-order valence-electron chi connectivity index (χ4n) is 3.89. The first kappa shape index (κ1) is 13.4. The summed E-state index contributed by atoms with van der Waals surface area (Å²) in [5.74, 6) is 0.335. The minimum Gasteiger partial charge on any atom is -0.497 e. The molecule has 4 rings (SSSR count). The molecule has 4 heteroatoms. The molecule has 0 heterocycles. The maximum absolute atomic E-state index is 15.3. The third-order valence-corrected chi connectivity index (χ3v) is 4.84. The number of carbonyl (C=O) groups is 1. The molecule has 0 aliphatic heterocycles. The monoisotopic (exact) mass is 278 g/mol. The zero-order valence-corrected chi connectivity index (χ0v) is 11.8. The number of hydrogen-bond donors (Lipinski definition) is 0. The number of alkyl halides is 1. The Kier molecular flexibility index (Phi) is 3.00. The van der Waals surface area contributed by atoms with Gasteiger partial charge in [0, 0.05) is 5.41 Å². The van der Waals surface area contributed by atoms with E-state index in [1.807, 2.05) is 24.3 Å².